The molecule has 39 heavy (non-hydrogen) atoms. The van der Waals surface area contributed by atoms with Gasteiger partial charge >= 0.3 is 6.09 Å². The molecular formula is C30H43N3O6. The minimum absolute atomic E-state index is 0.0651. The van der Waals surface area contributed by atoms with Gasteiger partial charge in [0.15, 0.2) is 5.76 Å². The second-order valence-corrected chi connectivity index (χ2v) is 11.3. The zero-order valence-corrected chi connectivity index (χ0v) is 24.1. The van der Waals surface area contributed by atoms with Crippen LogP contribution in [-0.4, -0.2) is 47.4 Å². The second-order valence-electron chi connectivity index (χ2n) is 11.3. The summed E-state index contributed by atoms with van der Waals surface area (Å²) in [6.07, 6.45) is 1.87. The van der Waals surface area contributed by atoms with Crippen molar-refractivity contribution in [1.29, 1.82) is 0 Å². The number of hydrogen-bond donors (Lipinski definition) is 3. The molecule has 9 heteroatoms. The molecule has 2 aromatic rings. The summed E-state index contributed by atoms with van der Waals surface area (Å²) in [7, 11) is 0. The third-order valence-electron chi connectivity index (χ3n) is 6.19. The van der Waals surface area contributed by atoms with Gasteiger partial charge < -0.3 is 25.1 Å². The van der Waals surface area contributed by atoms with Crippen molar-refractivity contribution < 1.29 is 28.3 Å². The van der Waals surface area contributed by atoms with Crippen molar-refractivity contribution in [3.8, 4) is 0 Å². The minimum atomic E-state index is -0.986. The average Bonchev–Trinajstić information content (AvgIpc) is 3.40. The summed E-state index contributed by atoms with van der Waals surface area (Å²) in [6.45, 7) is 12.9. The number of amides is 3. The fourth-order valence-electron chi connectivity index (χ4n) is 4.01. The van der Waals surface area contributed by atoms with Gasteiger partial charge in [0.25, 0.3) is 0 Å². The van der Waals surface area contributed by atoms with Gasteiger partial charge in [-0.3, -0.25) is 14.4 Å². The second kappa shape index (κ2) is 14.5. The zero-order valence-electron chi connectivity index (χ0n) is 24.1. The highest BCUT2D eigenvalue weighted by molar-refractivity contribution is 6.01. The number of ketones is 1. The highest BCUT2D eigenvalue weighted by Gasteiger charge is 2.33. The Labute approximate surface area is 231 Å². The Balaban J connectivity index is 2.25. The Morgan fingerprint density at radius 2 is 1.51 bits per heavy atom. The molecule has 0 radical (unpaired) electrons. The number of furan rings is 1. The topological polar surface area (TPSA) is 127 Å². The van der Waals surface area contributed by atoms with Crippen molar-refractivity contribution in [2.24, 2.45) is 11.8 Å². The number of ether oxygens (including phenoxy) is 1. The normalized spacial score (nSPS) is 14.6. The van der Waals surface area contributed by atoms with E-state index in [-0.39, 0.29) is 29.8 Å². The van der Waals surface area contributed by atoms with Crippen LogP contribution in [0, 0.1) is 11.8 Å². The molecule has 214 valence electrons. The van der Waals surface area contributed by atoms with E-state index in [1.807, 2.05) is 58.0 Å². The van der Waals surface area contributed by atoms with E-state index in [1.165, 1.54) is 6.26 Å². The Morgan fingerprint density at radius 1 is 0.872 bits per heavy atom. The van der Waals surface area contributed by atoms with Crippen LogP contribution in [0.2, 0.25) is 0 Å². The van der Waals surface area contributed by atoms with Crippen molar-refractivity contribution >= 4 is 23.7 Å². The molecule has 4 atom stereocenters. The first-order valence-electron chi connectivity index (χ1n) is 13.5. The van der Waals surface area contributed by atoms with Crippen molar-refractivity contribution in [3.63, 3.8) is 0 Å². The van der Waals surface area contributed by atoms with Gasteiger partial charge in [-0.05, 0) is 56.7 Å². The number of Topliss-reactive ketones (excluding diaryl/α,β-unsaturated/α-hetero) is 1. The maximum atomic E-state index is 13.5. The summed E-state index contributed by atoms with van der Waals surface area (Å²) in [5.41, 5.74) is 0.0862. The predicted molar refractivity (Wildman–Crippen MR) is 149 cm³/mol. The summed E-state index contributed by atoms with van der Waals surface area (Å²) < 4.78 is 10.6. The lowest BCUT2D eigenvalue weighted by Gasteiger charge is -2.28. The molecule has 0 spiro atoms. The van der Waals surface area contributed by atoms with Crippen LogP contribution in [0.5, 0.6) is 0 Å². The molecule has 0 unspecified atom stereocenters. The van der Waals surface area contributed by atoms with Crippen molar-refractivity contribution in [2.75, 3.05) is 0 Å². The van der Waals surface area contributed by atoms with Crippen LogP contribution in [0.3, 0.4) is 0 Å². The van der Waals surface area contributed by atoms with Crippen LogP contribution >= 0.6 is 0 Å². The fourth-order valence-corrected chi connectivity index (χ4v) is 4.01. The van der Waals surface area contributed by atoms with Crippen LogP contribution in [-0.2, 0) is 20.7 Å². The highest BCUT2D eigenvalue weighted by atomic mass is 16.6. The van der Waals surface area contributed by atoms with E-state index < -0.39 is 41.6 Å². The van der Waals surface area contributed by atoms with Crippen LogP contribution < -0.4 is 16.0 Å². The Hall–Kier alpha value is -3.62. The van der Waals surface area contributed by atoms with Crippen LogP contribution in [0.15, 0.2) is 53.1 Å². The first-order chi connectivity index (χ1) is 18.3. The first-order valence-corrected chi connectivity index (χ1v) is 13.5. The summed E-state index contributed by atoms with van der Waals surface area (Å²) in [5.74, 6) is -1.27. The number of alkyl carbamates (subject to hydrolysis) is 1. The summed E-state index contributed by atoms with van der Waals surface area (Å²) in [4.78, 5) is 52.6. The van der Waals surface area contributed by atoms with E-state index in [4.69, 9.17) is 9.15 Å². The lowest BCUT2D eigenvalue weighted by atomic mass is 9.93. The monoisotopic (exact) mass is 541 g/mol. The van der Waals surface area contributed by atoms with E-state index in [2.05, 4.69) is 16.0 Å². The van der Waals surface area contributed by atoms with Gasteiger partial charge in [0.2, 0.25) is 17.6 Å². The van der Waals surface area contributed by atoms with Crippen molar-refractivity contribution in [2.45, 2.75) is 91.5 Å². The molecule has 3 amide bonds. The van der Waals surface area contributed by atoms with Crippen molar-refractivity contribution in [3.05, 3.63) is 60.1 Å². The molecule has 9 nitrogen and oxygen atoms in total. The Morgan fingerprint density at radius 3 is 2.05 bits per heavy atom. The molecule has 0 saturated carbocycles. The summed E-state index contributed by atoms with van der Waals surface area (Å²) in [5, 5.41) is 8.32. The predicted octanol–water partition coefficient (Wildman–Crippen LogP) is 4.66. The van der Waals surface area contributed by atoms with Crippen LogP contribution in [0.1, 0.15) is 77.4 Å². The van der Waals surface area contributed by atoms with E-state index >= 15 is 0 Å². The van der Waals surface area contributed by atoms with E-state index in [1.54, 1.807) is 32.9 Å². The van der Waals surface area contributed by atoms with Crippen LogP contribution in [0.25, 0.3) is 0 Å². The first kappa shape index (κ1) is 31.6. The standard InChI is InChI=1S/C30H43N3O6/c1-8-20(4)25(26(34)24-15-12-16-38-24)33-28(36)22(17-19(2)3)31-27(35)23(18-21-13-10-9-11-14-21)32-29(37)39-30(5,6)7/h9-16,19-20,22-23,25H,8,17-18H2,1-7H3,(H,31,35)(H,32,37)(H,33,36)/t20-,22-,23-,25-/m0/s1. The maximum Gasteiger partial charge on any atom is 0.408 e. The molecule has 0 saturated heterocycles. The molecule has 3 N–H and O–H groups in total. The lowest BCUT2D eigenvalue weighted by molar-refractivity contribution is -0.130. The minimum Gasteiger partial charge on any atom is -0.461 e. The smallest absolute Gasteiger partial charge is 0.408 e. The number of rotatable bonds is 13. The van der Waals surface area contributed by atoms with Gasteiger partial charge in [-0.25, -0.2) is 4.79 Å². The number of benzene rings is 1. The third kappa shape index (κ3) is 10.6. The SMILES string of the molecule is CC[C@H](C)[C@H](NC(=O)[C@H](CC(C)C)NC(=O)[C@H](Cc1ccccc1)NC(=O)OC(C)(C)C)C(=O)c1ccco1. The molecule has 0 fully saturated rings. The number of hydrogen-bond acceptors (Lipinski definition) is 6. The number of carbonyl (C=O) groups excluding carboxylic acids is 4. The molecular weight excluding hydrogens is 498 g/mol. The molecule has 1 aromatic heterocycles. The lowest BCUT2D eigenvalue weighted by Crippen LogP contribution is -2.57. The summed E-state index contributed by atoms with van der Waals surface area (Å²) in [6, 6.07) is 9.71. The molecule has 1 aromatic carbocycles. The number of nitrogens with one attached hydrogen (secondary N) is 3. The van der Waals surface area contributed by atoms with Gasteiger partial charge in [0.1, 0.15) is 17.7 Å². The van der Waals surface area contributed by atoms with Gasteiger partial charge in [0.05, 0.1) is 12.3 Å². The molecule has 2 rings (SSSR count). The van der Waals surface area contributed by atoms with E-state index in [0.717, 1.165) is 5.56 Å². The van der Waals surface area contributed by atoms with Gasteiger partial charge in [0, 0.05) is 6.42 Å². The molecule has 0 bridgehead atoms. The largest absolute Gasteiger partial charge is 0.461 e. The summed E-state index contributed by atoms with van der Waals surface area (Å²) >= 11 is 0. The van der Waals surface area contributed by atoms with E-state index in [9.17, 15) is 19.2 Å². The average molecular weight is 542 g/mol. The third-order valence-corrected chi connectivity index (χ3v) is 6.19. The highest BCUT2D eigenvalue weighted by Crippen LogP contribution is 2.16. The molecule has 0 aliphatic heterocycles. The van der Waals surface area contributed by atoms with E-state index in [0.29, 0.717) is 12.8 Å². The molecule has 0 aliphatic carbocycles. The fraction of sp³-hybridized carbons (Fsp3) is 0.533. The zero-order chi connectivity index (χ0) is 29.2. The van der Waals surface area contributed by atoms with Gasteiger partial charge in [-0.2, -0.15) is 0 Å². The molecule has 1 heterocycles. The maximum absolute atomic E-state index is 13.5. The van der Waals surface area contributed by atoms with Gasteiger partial charge in [-0.15, -0.1) is 0 Å². The Kier molecular flexibility index (Phi) is 11.8. The quantitative estimate of drug-likeness (QED) is 0.317. The molecule has 0 aliphatic rings. The van der Waals surface area contributed by atoms with Crippen LogP contribution in [0.4, 0.5) is 4.79 Å². The number of carbonyl (C=O) groups is 4. The van der Waals surface area contributed by atoms with Crippen molar-refractivity contribution in [1.82, 2.24) is 16.0 Å². The Bertz CT molecular complexity index is 1080. The van der Waals surface area contributed by atoms with Gasteiger partial charge in [-0.1, -0.05) is 64.4 Å².